The van der Waals surface area contributed by atoms with Crippen molar-refractivity contribution in [3.63, 3.8) is 0 Å². The van der Waals surface area contributed by atoms with Gasteiger partial charge in [0, 0.05) is 23.7 Å². The number of carbonyl (C=O) groups excluding carboxylic acids is 1. The molecule has 5 aromatic heterocycles. The monoisotopic (exact) mass is 534 g/mol. The molecule has 0 bridgehead atoms. The van der Waals surface area contributed by atoms with E-state index in [1.165, 1.54) is 0 Å². The highest BCUT2D eigenvalue weighted by atomic mass is 32.1. The van der Waals surface area contributed by atoms with Gasteiger partial charge in [-0.15, -0.1) is 0 Å². The highest BCUT2D eigenvalue weighted by molar-refractivity contribution is 7.08. The molecule has 0 saturated carbocycles. The zero-order valence-corrected chi connectivity index (χ0v) is 21.9. The third-order valence-corrected chi connectivity index (χ3v) is 7.91. The van der Waals surface area contributed by atoms with Gasteiger partial charge in [0.15, 0.2) is 11.5 Å². The first-order valence-electron chi connectivity index (χ1n) is 13.0. The molecule has 194 valence electrons. The van der Waals surface area contributed by atoms with Crippen LogP contribution in [-0.2, 0) is 4.79 Å². The first-order valence-corrected chi connectivity index (χ1v) is 14.0. The molecule has 1 aliphatic rings. The SMILES string of the molecule is O=C(CC1CCNCC1)Nc1cncc(-c2ccc3[nH]nc(-c4nc5c(-c6ccsc6)cccc5[nH]4)c3n2)c1. The van der Waals surface area contributed by atoms with Gasteiger partial charge in [0.05, 0.1) is 34.1 Å². The van der Waals surface area contributed by atoms with Crippen LogP contribution in [0.3, 0.4) is 0 Å². The van der Waals surface area contributed by atoms with Crippen LogP contribution < -0.4 is 10.6 Å². The minimum absolute atomic E-state index is 0.0214. The molecule has 39 heavy (non-hydrogen) atoms. The minimum atomic E-state index is 0.0214. The lowest BCUT2D eigenvalue weighted by molar-refractivity contribution is -0.117. The molecule has 6 heterocycles. The average Bonchev–Trinajstić information content (AvgIpc) is 3.73. The van der Waals surface area contributed by atoms with Gasteiger partial charge in [-0.1, -0.05) is 12.1 Å². The maximum atomic E-state index is 12.6. The summed E-state index contributed by atoms with van der Waals surface area (Å²) in [7, 11) is 0. The molecule has 1 aliphatic heterocycles. The summed E-state index contributed by atoms with van der Waals surface area (Å²) in [5.41, 5.74) is 8.46. The Bertz CT molecular complexity index is 1780. The number of carbonyl (C=O) groups is 1. The van der Waals surface area contributed by atoms with Gasteiger partial charge in [0.1, 0.15) is 5.52 Å². The largest absolute Gasteiger partial charge is 0.336 e. The summed E-state index contributed by atoms with van der Waals surface area (Å²) in [5.74, 6) is 1.10. The normalized spacial score (nSPS) is 14.3. The van der Waals surface area contributed by atoms with Crippen molar-refractivity contribution in [1.29, 1.82) is 0 Å². The highest BCUT2D eigenvalue weighted by Crippen LogP contribution is 2.32. The van der Waals surface area contributed by atoms with Crippen molar-refractivity contribution in [1.82, 2.24) is 35.5 Å². The first kappa shape index (κ1) is 23.7. The molecule has 9 nitrogen and oxygen atoms in total. The van der Waals surface area contributed by atoms with Crippen LogP contribution in [0.15, 0.2) is 65.6 Å². The van der Waals surface area contributed by atoms with E-state index < -0.39 is 0 Å². The van der Waals surface area contributed by atoms with Crippen LogP contribution in [0.4, 0.5) is 5.69 Å². The number of nitrogens with zero attached hydrogens (tertiary/aromatic N) is 4. The van der Waals surface area contributed by atoms with E-state index in [-0.39, 0.29) is 5.91 Å². The van der Waals surface area contributed by atoms with Crippen LogP contribution in [0.25, 0.3) is 56.0 Å². The maximum absolute atomic E-state index is 12.6. The molecule has 7 rings (SSSR count). The quantitative estimate of drug-likeness (QED) is 0.220. The van der Waals surface area contributed by atoms with Crippen LogP contribution in [0.2, 0.25) is 0 Å². The zero-order valence-electron chi connectivity index (χ0n) is 21.1. The molecule has 1 aromatic carbocycles. The number of anilines is 1. The number of amides is 1. The molecule has 0 radical (unpaired) electrons. The molecule has 0 spiro atoms. The number of para-hydroxylation sites is 1. The summed E-state index contributed by atoms with van der Waals surface area (Å²) < 4.78 is 0. The molecule has 0 unspecified atom stereocenters. The van der Waals surface area contributed by atoms with Gasteiger partial charge in [-0.3, -0.25) is 14.9 Å². The molecular formula is C29H26N8OS. The van der Waals surface area contributed by atoms with E-state index in [0.717, 1.165) is 64.9 Å². The fraction of sp³-hybridized carbons (Fsp3) is 0.207. The zero-order chi connectivity index (χ0) is 26.2. The lowest BCUT2D eigenvalue weighted by Gasteiger charge is -2.21. The average molecular weight is 535 g/mol. The number of thiophene rings is 1. The molecule has 0 aliphatic carbocycles. The first-order chi connectivity index (χ1) is 19.2. The number of benzene rings is 1. The Morgan fingerprint density at radius 3 is 2.79 bits per heavy atom. The topological polar surface area (TPSA) is 124 Å². The molecule has 10 heteroatoms. The third kappa shape index (κ3) is 4.68. The van der Waals surface area contributed by atoms with Crippen molar-refractivity contribution < 1.29 is 4.79 Å². The summed E-state index contributed by atoms with van der Waals surface area (Å²) in [4.78, 5) is 30.3. The van der Waals surface area contributed by atoms with Crippen LogP contribution in [0, 0.1) is 5.92 Å². The minimum Gasteiger partial charge on any atom is -0.336 e. The fourth-order valence-corrected chi connectivity index (χ4v) is 5.88. The van der Waals surface area contributed by atoms with Crippen molar-refractivity contribution in [2.24, 2.45) is 5.92 Å². The van der Waals surface area contributed by atoms with Crippen molar-refractivity contribution in [3.05, 3.63) is 65.6 Å². The predicted molar refractivity (Wildman–Crippen MR) is 154 cm³/mol. The van der Waals surface area contributed by atoms with Crippen molar-refractivity contribution >= 4 is 45.0 Å². The predicted octanol–water partition coefficient (Wildman–Crippen LogP) is 5.62. The molecule has 6 aromatic rings. The van der Waals surface area contributed by atoms with E-state index >= 15 is 0 Å². The fourth-order valence-electron chi connectivity index (χ4n) is 5.23. The van der Waals surface area contributed by atoms with Crippen LogP contribution in [-0.4, -0.2) is 49.1 Å². The summed E-state index contributed by atoms with van der Waals surface area (Å²) in [6.07, 6.45) is 6.02. The molecule has 0 atom stereocenters. The number of H-pyrrole nitrogens is 2. The lowest BCUT2D eigenvalue weighted by atomic mass is 9.94. The van der Waals surface area contributed by atoms with Gasteiger partial charge in [-0.05, 0) is 78.5 Å². The second kappa shape index (κ2) is 10.0. The van der Waals surface area contributed by atoms with Gasteiger partial charge >= 0.3 is 0 Å². The van der Waals surface area contributed by atoms with Crippen molar-refractivity contribution in [2.75, 3.05) is 18.4 Å². The summed E-state index contributed by atoms with van der Waals surface area (Å²) in [6, 6.07) is 14.0. The lowest BCUT2D eigenvalue weighted by Crippen LogP contribution is -2.30. The second-order valence-electron chi connectivity index (χ2n) is 9.87. The van der Waals surface area contributed by atoms with E-state index in [2.05, 4.69) is 53.7 Å². The molecule has 1 saturated heterocycles. The van der Waals surface area contributed by atoms with Gasteiger partial charge in [-0.2, -0.15) is 16.4 Å². The number of piperidine rings is 1. The molecular weight excluding hydrogens is 508 g/mol. The van der Waals surface area contributed by atoms with Gasteiger partial charge < -0.3 is 15.6 Å². The van der Waals surface area contributed by atoms with Crippen molar-refractivity contribution in [3.8, 4) is 33.9 Å². The number of fused-ring (bicyclic) bond motifs is 2. The number of hydrogen-bond acceptors (Lipinski definition) is 7. The maximum Gasteiger partial charge on any atom is 0.224 e. The van der Waals surface area contributed by atoms with Crippen LogP contribution in [0.1, 0.15) is 19.3 Å². The third-order valence-electron chi connectivity index (χ3n) is 7.23. The van der Waals surface area contributed by atoms with Gasteiger partial charge in [0.25, 0.3) is 0 Å². The van der Waals surface area contributed by atoms with E-state index in [1.807, 2.05) is 30.3 Å². The number of rotatable bonds is 6. The Hall–Kier alpha value is -4.41. The van der Waals surface area contributed by atoms with Crippen LogP contribution >= 0.6 is 11.3 Å². The Morgan fingerprint density at radius 2 is 1.92 bits per heavy atom. The van der Waals surface area contributed by atoms with E-state index in [0.29, 0.717) is 35.1 Å². The van der Waals surface area contributed by atoms with Crippen LogP contribution in [0.5, 0.6) is 0 Å². The van der Waals surface area contributed by atoms with E-state index in [4.69, 9.17) is 9.97 Å². The molecule has 4 N–H and O–H groups in total. The molecule has 1 fully saturated rings. The number of hydrogen-bond donors (Lipinski definition) is 4. The summed E-state index contributed by atoms with van der Waals surface area (Å²) >= 11 is 1.66. The Balaban J connectivity index is 1.19. The van der Waals surface area contributed by atoms with E-state index in [9.17, 15) is 4.79 Å². The Labute approximate surface area is 228 Å². The number of nitrogens with one attached hydrogen (secondary N) is 4. The summed E-state index contributed by atoms with van der Waals surface area (Å²) in [6.45, 7) is 1.95. The Morgan fingerprint density at radius 1 is 1.00 bits per heavy atom. The number of aromatic amines is 2. The van der Waals surface area contributed by atoms with Crippen molar-refractivity contribution in [2.45, 2.75) is 19.3 Å². The number of aromatic nitrogens is 6. The molecule has 1 amide bonds. The number of imidazole rings is 1. The standard InChI is InChI=1S/C29H26N8OS/c38-25(12-17-6-9-30-10-7-17)32-20-13-19(14-31-15-20)22-4-5-24-27(33-22)28(37-36-24)29-34-23-3-1-2-21(26(23)35-29)18-8-11-39-16-18/h1-5,8,11,13-17,30H,6-7,9-10,12H2,(H,32,38)(H,34,35)(H,36,37). The summed E-state index contributed by atoms with van der Waals surface area (Å²) in [5, 5.41) is 18.2. The van der Waals surface area contributed by atoms with E-state index in [1.54, 1.807) is 23.7 Å². The number of pyridine rings is 2. The highest BCUT2D eigenvalue weighted by Gasteiger charge is 2.19. The van der Waals surface area contributed by atoms with Gasteiger partial charge in [-0.25, -0.2) is 9.97 Å². The smallest absolute Gasteiger partial charge is 0.224 e. The van der Waals surface area contributed by atoms with Gasteiger partial charge in [0.2, 0.25) is 5.91 Å². The second-order valence-corrected chi connectivity index (χ2v) is 10.7. The Kier molecular flexibility index (Phi) is 6.10.